The van der Waals surface area contributed by atoms with Crippen LogP contribution in [0.3, 0.4) is 0 Å². The maximum Gasteiger partial charge on any atom is 0.0503 e. The highest BCUT2D eigenvalue weighted by molar-refractivity contribution is 4.76. The molecule has 0 bridgehead atoms. The lowest BCUT2D eigenvalue weighted by atomic mass is 9.93. The van der Waals surface area contributed by atoms with E-state index < -0.39 is 0 Å². The van der Waals surface area contributed by atoms with Gasteiger partial charge in [0.25, 0.3) is 0 Å². The van der Waals surface area contributed by atoms with Crippen molar-refractivity contribution in [3.63, 3.8) is 0 Å². The second-order valence-corrected chi connectivity index (χ2v) is 5.75. The number of methoxy groups -OCH3 is 1. The summed E-state index contributed by atoms with van der Waals surface area (Å²) in [6.45, 7) is 7.30. The predicted octanol–water partition coefficient (Wildman–Crippen LogP) is 1.73. The van der Waals surface area contributed by atoms with E-state index in [-0.39, 0.29) is 0 Å². The third-order valence-corrected chi connectivity index (χ3v) is 4.32. The Kier molecular flexibility index (Phi) is 5.75. The Morgan fingerprint density at radius 2 is 2.00 bits per heavy atom. The number of ether oxygens (including phenoxy) is 1. The van der Waals surface area contributed by atoms with Crippen molar-refractivity contribution in [2.24, 2.45) is 11.8 Å². The largest absolute Gasteiger partial charge is 0.384 e. The molecule has 2 aliphatic heterocycles. The first-order valence-corrected chi connectivity index (χ1v) is 7.30. The molecular weight excluding hydrogens is 212 g/mol. The maximum atomic E-state index is 5.24. The molecule has 2 fully saturated rings. The highest BCUT2D eigenvalue weighted by atomic mass is 16.5. The summed E-state index contributed by atoms with van der Waals surface area (Å²) < 4.78 is 5.24. The van der Waals surface area contributed by atoms with Crippen LogP contribution in [0.4, 0.5) is 0 Å². The van der Waals surface area contributed by atoms with Gasteiger partial charge in [0, 0.05) is 13.7 Å². The topological polar surface area (TPSA) is 24.5 Å². The molecule has 2 aliphatic rings. The van der Waals surface area contributed by atoms with E-state index in [1.807, 2.05) is 7.11 Å². The first kappa shape index (κ1) is 13.3. The molecule has 1 unspecified atom stereocenters. The van der Waals surface area contributed by atoms with E-state index in [1.165, 1.54) is 64.8 Å². The Bertz CT molecular complexity index is 204. The highest BCUT2D eigenvalue weighted by Gasteiger charge is 2.22. The summed E-state index contributed by atoms with van der Waals surface area (Å²) in [5.41, 5.74) is 0. The minimum absolute atomic E-state index is 0.791. The molecule has 0 radical (unpaired) electrons. The number of hydrogen-bond donors (Lipinski definition) is 1. The van der Waals surface area contributed by atoms with Crippen LogP contribution < -0.4 is 5.32 Å². The normalized spacial score (nSPS) is 27.7. The van der Waals surface area contributed by atoms with E-state index >= 15 is 0 Å². The van der Waals surface area contributed by atoms with Gasteiger partial charge in [-0.2, -0.15) is 0 Å². The van der Waals surface area contributed by atoms with Gasteiger partial charge in [0.1, 0.15) is 0 Å². The zero-order valence-electron chi connectivity index (χ0n) is 11.3. The fourth-order valence-corrected chi connectivity index (χ4v) is 3.26. The molecule has 3 nitrogen and oxygen atoms in total. The number of rotatable bonds is 6. The van der Waals surface area contributed by atoms with Crippen molar-refractivity contribution in [3.05, 3.63) is 0 Å². The standard InChI is InChI=1S/C14H28N2O/c1-17-12-14-6-10-16(11-14)9-2-3-13-4-7-15-8-5-13/h13-15H,2-12H2,1H3. The van der Waals surface area contributed by atoms with E-state index in [0.29, 0.717) is 0 Å². The average Bonchev–Trinajstić information content (AvgIpc) is 2.79. The highest BCUT2D eigenvalue weighted by Crippen LogP contribution is 2.20. The first-order chi connectivity index (χ1) is 8.38. The van der Waals surface area contributed by atoms with Gasteiger partial charge in [0.15, 0.2) is 0 Å². The SMILES string of the molecule is COCC1CCN(CCCC2CCNCC2)C1. The molecule has 2 saturated heterocycles. The molecule has 2 heterocycles. The average molecular weight is 240 g/mol. The molecule has 0 aliphatic carbocycles. The molecule has 0 aromatic carbocycles. The summed E-state index contributed by atoms with van der Waals surface area (Å²) in [5.74, 6) is 1.78. The minimum atomic E-state index is 0.791. The monoisotopic (exact) mass is 240 g/mol. The zero-order valence-corrected chi connectivity index (χ0v) is 11.3. The van der Waals surface area contributed by atoms with Crippen LogP contribution in [0.5, 0.6) is 0 Å². The van der Waals surface area contributed by atoms with Gasteiger partial charge in [0.05, 0.1) is 6.61 Å². The Morgan fingerprint density at radius 3 is 2.76 bits per heavy atom. The van der Waals surface area contributed by atoms with Gasteiger partial charge in [0.2, 0.25) is 0 Å². The molecule has 1 atom stereocenters. The second kappa shape index (κ2) is 7.34. The van der Waals surface area contributed by atoms with Crippen molar-refractivity contribution in [2.45, 2.75) is 32.1 Å². The fraction of sp³-hybridized carbons (Fsp3) is 1.00. The van der Waals surface area contributed by atoms with E-state index in [9.17, 15) is 0 Å². The number of nitrogens with zero attached hydrogens (tertiary/aromatic N) is 1. The smallest absolute Gasteiger partial charge is 0.0503 e. The van der Waals surface area contributed by atoms with Gasteiger partial charge in [-0.15, -0.1) is 0 Å². The summed E-state index contributed by atoms with van der Waals surface area (Å²) in [5, 5.41) is 3.44. The van der Waals surface area contributed by atoms with Crippen molar-refractivity contribution in [1.82, 2.24) is 10.2 Å². The van der Waals surface area contributed by atoms with Crippen LogP contribution in [0.1, 0.15) is 32.1 Å². The van der Waals surface area contributed by atoms with Crippen molar-refractivity contribution in [2.75, 3.05) is 46.4 Å². The summed E-state index contributed by atoms with van der Waals surface area (Å²) in [4.78, 5) is 2.63. The Morgan fingerprint density at radius 1 is 1.18 bits per heavy atom. The molecule has 0 aromatic heterocycles. The van der Waals surface area contributed by atoms with E-state index in [1.54, 1.807) is 0 Å². The number of hydrogen-bond acceptors (Lipinski definition) is 3. The van der Waals surface area contributed by atoms with E-state index in [0.717, 1.165) is 18.4 Å². The van der Waals surface area contributed by atoms with Crippen LogP contribution in [0.15, 0.2) is 0 Å². The molecule has 0 saturated carbocycles. The molecule has 0 aromatic rings. The summed E-state index contributed by atoms with van der Waals surface area (Å²) >= 11 is 0. The van der Waals surface area contributed by atoms with Gasteiger partial charge in [-0.1, -0.05) is 0 Å². The minimum Gasteiger partial charge on any atom is -0.384 e. The molecule has 1 N–H and O–H groups in total. The molecular formula is C14H28N2O. The van der Waals surface area contributed by atoms with Crippen LogP contribution in [0, 0.1) is 11.8 Å². The van der Waals surface area contributed by atoms with Crippen molar-refractivity contribution >= 4 is 0 Å². The summed E-state index contributed by atoms with van der Waals surface area (Å²) in [6.07, 6.45) is 6.96. The van der Waals surface area contributed by atoms with Crippen LogP contribution in [-0.2, 0) is 4.74 Å². The third-order valence-electron chi connectivity index (χ3n) is 4.32. The summed E-state index contributed by atoms with van der Waals surface area (Å²) in [6, 6.07) is 0. The number of nitrogens with one attached hydrogen (secondary N) is 1. The quantitative estimate of drug-likeness (QED) is 0.765. The Balaban J connectivity index is 1.53. The molecule has 0 spiro atoms. The predicted molar refractivity (Wildman–Crippen MR) is 71.3 cm³/mol. The van der Waals surface area contributed by atoms with Crippen LogP contribution in [0.2, 0.25) is 0 Å². The summed E-state index contributed by atoms with van der Waals surface area (Å²) in [7, 11) is 1.82. The molecule has 0 amide bonds. The van der Waals surface area contributed by atoms with Gasteiger partial charge >= 0.3 is 0 Å². The maximum absolute atomic E-state index is 5.24. The Hall–Kier alpha value is -0.120. The Labute approximate surface area is 106 Å². The third kappa shape index (κ3) is 4.57. The fourth-order valence-electron chi connectivity index (χ4n) is 3.26. The first-order valence-electron chi connectivity index (χ1n) is 7.30. The molecule has 17 heavy (non-hydrogen) atoms. The van der Waals surface area contributed by atoms with Gasteiger partial charge in [-0.05, 0) is 70.1 Å². The van der Waals surface area contributed by atoms with Gasteiger partial charge in [-0.25, -0.2) is 0 Å². The van der Waals surface area contributed by atoms with E-state index in [4.69, 9.17) is 4.74 Å². The lowest BCUT2D eigenvalue weighted by molar-refractivity contribution is 0.152. The van der Waals surface area contributed by atoms with Gasteiger partial charge < -0.3 is 15.0 Å². The lowest BCUT2D eigenvalue weighted by Crippen LogP contribution is -2.28. The van der Waals surface area contributed by atoms with Crippen molar-refractivity contribution in [1.29, 1.82) is 0 Å². The van der Waals surface area contributed by atoms with E-state index in [2.05, 4.69) is 10.2 Å². The lowest BCUT2D eigenvalue weighted by Gasteiger charge is -2.23. The molecule has 2 rings (SSSR count). The second-order valence-electron chi connectivity index (χ2n) is 5.75. The number of piperidine rings is 1. The van der Waals surface area contributed by atoms with Crippen LogP contribution >= 0.6 is 0 Å². The van der Waals surface area contributed by atoms with Crippen molar-refractivity contribution in [3.8, 4) is 0 Å². The van der Waals surface area contributed by atoms with Crippen LogP contribution in [0.25, 0.3) is 0 Å². The molecule has 3 heteroatoms. The number of likely N-dealkylation sites (tertiary alicyclic amines) is 1. The van der Waals surface area contributed by atoms with Crippen molar-refractivity contribution < 1.29 is 4.74 Å². The van der Waals surface area contributed by atoms with Gasteiger partial charge in [-0.3, -0.25) is 0 Å². The van der Waals surface area contributed by atoms with Crippen LogP contribution in [-0.4, -0.2) is 51.3 Å². The zero-order chi connectivity index (χ0) is 11.9. The molecule has 100 valence electrons.